The smallest absolute Gasteiger partial charge is 0.330 e. The molecule has 180 valence electrons. The number of carbonyl (C=O) groups excluding carboxylic acids is 3. The number of hydrogen-bond donors (Lipinski definition) is 2. The Morgan fingerprint density at radius 3 is 2.21 bits per heavy atom. The van der Waals surface area contributed by atoms with Crippen LogP contribution in [0, 0.1) is 0 Å². The fourth-order valence-corrected chi connectivity index (χ4v) is 5.94. The minimum absolute atomic E-state index is 0.0609. The number of nitrogens with one attached hydrogen (secondary N) is 1. The number of ether oxygens (including phenoxy) is 1. The molecule has 0 saturated carbocycles. The molecule has 2 heterocycles. The molecule has 2 aliphatic heterocycles. The molecule has 9 nitrogen and oxygen atoms in total. The highest BCUT2D eigenvalue weighted by Gasteiger charge is 2.68. The zero-order valence-electron chi connectivity index (χ0n) is 17.5. The van der Waals surface area contributed by atoms with Crippen molar-refractivity contribution >= 4 is 69.4 Å². The van der Waals surface area contributed by atoms with E-state index >= 15 is 0 Å². The predicted octanol–water partition coefficient (Wildman–Crippen LogP) is 1.33. The Hall–Kier alpha value is -1.88. The Kier molecular flexibility index (Phi) is 7.33. The highest BCUT2D eigenvalue weighted by Crippen LogP contribution is 2.44. The molecular weight excluding hydrogens is 519 g/mol. The summed E-state index contributed by atoms with van der Waals surface area (Å²) in [5.41, 5.74) is 1.21. The van der Waals surface area contributed by atoms with E-state index in [9.17, 15) is 23.4 Å². The van der Waals surface area contributed by atoms with E-state index in [0.29, 0.717) is 11.1 Å². The van der Waals surface area contributed by atoms with E-state index in [1.165, 1.54) is 0 Å². The van der Waals surface area contributed by atoms with Gasteiger partial charge in [-0.05, 0) is 25.0 Å². The predicted molar refractivity (Wildman–Crippen MR) is 121 cm³/mol. The SMILES string of the molecule is CC1(C)[C@H](C(=O)OCC(Cl)(Cl)Cl)N2C(=O)[C@@H](NC(=O)Cc3ccc(CC(=O)O)cc3)[C@H]2[S@@]1=O. The number of fused-ring (bicyclic) bond motifs is 1. The molecule has 0 aromatic heterocycles. The van der Waals surface area contributed by atoms with Crippen LogP contribution in [0.15, 0.2) is 24.3 Å². The van der Waals surface area contributed by atoms with Crippen LogP contribution >= 0.6 is 34.8 Å². The van der Waals surface area contributed by atoms with Crippen molar-refractivity contribution in [3.05, 3.63) is 35.4 Å². The highest BCUT2D eigenvalue weighted by atomic mass is 35.6. The number of carbonyl (C=O) groups is 4. The summed E-state index contributed by atoms with van der Waals surface area (Å²) in [5.74, 6) is -2.84. The van der Waals surface area contributed by atoms with Gasteiger partial charge in [-0.3, -0.25) is 18.6 Å². The molecular formula is C20H21Cl3N2O7S. The molecule has 0 bridgehead atoms. The number of carboxylic acid groups (broad SMARTS) is 1. The van der Waals surface area contributed by atoms with Gasteiger partial charge >= 0.3 is 11.9 Å². The van der Waals surface area contributed by atoms with Gasteiger partial charge < -0.3 is 20.1 Å². The van der Waals surface area contributed by atoms with Crippen LogP contribution in [0.5, 0.6) is 0 Å². The molecule has 0 aliphatic carbocycles. The molecule has 2 N–H and O–H groups in total. The molecule has 33 heavy (non-hydrogen) atoms. The third-order valence-electron chi connectivity index (χ3n) is 5.42. The van der Waals surface area contributed by atoms with Crippen LogP contribution in [-0.2, 0) is 47.6 Å². The number of rotatable bonds is 7. The maximum absolute atomic E-state index is 13.1. The number of esters is 1. The number of carboxylic acids is 1. The van der Waals surface area contributed by atoms with Crippen molar-refractivity contribution in [2.24, 2.45) is 0 Å². The number of nitrogens with zero attached hydrogens (tertiary/aromatic N) is 1. The molecule has 2 saturated heterocycles. The Labute approximate surface area is 207 Å². The monoisotopic (exact) mass is 538 g/mol. The van der Waals surface area contributed by atoms with Gasteiger partial charge in [0.05, 0.1) is 28.4 Å². The maximum atomic E-state index is 13.1. The first-order valence-electron chi connectivity index (χ1n) is 9.77. The topological polar surface area (TPSA) is 130 Å². The second-order valence-corrected chi connectivity index (χ2v) is 12.9. The average molecular weight is 540 g/mol. The second kappa shape index (κ2) is 9.40. The average Bonchev–Trinajstić information content (AvgIpc) is 2.89. The van der Waals surface area contributed by atoms with Crippen LogP contribution in [0.2, 0.25) is 0 Å². The number of benzene rings is 1. The van der Waals surface area contributed by atoms with Crippen LogP contribution in [0.4, 0.5) is 0 Å². The number of aliphatic carboxylic acids is 1. The first kappa shape index (κ1) is 25.7. The Morgan fingerprint density at radius 2 is 1.70 bits per heavy atom. The van der Waals surface area contributed by atoms with Crippen molar-refractivity contribution < 1.29 is 33.2 Å². The number of amides is 2. The van der Waals surface area contributed by atoms with Gasteiger partial charge in [0.2, 0.25) is 15.6 Å². The van der Waals surface area contributed by atoms with Crippen molar-refractivity contribution in [3.8, 4) is 0 Å². The summed E-state index contributed by atoms with van der Waals surface area (Å²) in [6.45, 7) is 2.59. The van der Waals surface area contributed by atoms with E-state index < -0.39 is 67.2 Å². The van der Waals surface area contributed by atoms with Crippen LogP contribution in [0.1, 0.15) is 25.0 Å². The van der Waals surface area contributed by atoms with Crippen LogP contribution in [0.25, 0.3) is 0 Å². The zero-order chi connectivity index (χ0) is 24.7. The molecule has 4 atom stereocenters. The minimum atomic E-state index is -1.84. The molecule has 0 unspecified atom stereocenters. The Bertz CT molecular complexity index is 1010. The van der Waals surface area contributed by atoms with E-state index in [2.05, 4.69) is 5.32 Å². The highest BCUT2D eigenvalue weighted by molar-refractivity contribution is 7.87. The summed E-state index contributed by atoms with van der Waals surface area (Å²) < 4.78 is 15.1. The van der Waals surface area contributed by atoms with E-state index in [-0.39, 0.29) is 12.8 Å². The van der Waals surface area contributed by atoms with Crippen molar-refractivity contribution in [1.82, 2.24) is 10.2 Å². The van der Waals surface area contributed by atoms with Gasteiger partial charge in [0.25, 0.3) is 0 Å². The van der Waals surface area contributed by atoms with E-state index in [0.717, 1.165) is 4.90 Å². The van der Waals surface area contributed by atoms with Gasteiger partial charge in [-0.1, -0.05) is 59.1 Å². The van der Waals surface area contributed by atoms with Gasteiger partial charge in [0.1, 0.15) is 24.1 Å². The van der Waals surface area contributed by atoms with E-state index in [4.69, 9.17) is 44.6 Å². The molecule has 0 radical (unpaired) electrons. The van der Waals surface area contributed by atoms with Gasteiger partial charge in [-0.2, -0.15) is 0 Å². The second-order valence-electron chi connectivity index (χ2n) is 8.27. The van der Waals surface area contributed by atoms with E-state index in [1.807, 2.05) is 0 Å². The molecule has 1 aromatic rings. The van der Waals surface area contributed by atoms with Crippen molar-refractivity contribution in [2.75, 3.05) is 6.61 Å². The third kappa shape index (κ3) is 5.45. The normalized spacial score (nSPS) is 25.7. The number of hydrogen-bond acceptors (Lipinski definition) is 6. The molecule has 0 spiro atoms. The lowest BCUT2D eigenvalue weighted by atomic mass is 9.96. The lowest BCUT2D eigenvalue weighted by Gasteiger charge is -2.43. The van der Waals surface area contributed by atoms with Crippen LogP contribution < -0.4 is 5.32 Å². The number of alkyl halides is 3. The summed E-state index contributed by atoms with van der Waals surface area (Å²) >= 11 is 16.8. The summed E-state index contributed by atoms with van der Waals surface area (Å²) in [5, 5.41) is 10.5. The van der Waals surface area contributed by atoms with Crippen molar-refractivity contribution in [2.45, 2.75) is 52.7 Å². The fraction of sp³-hybridized carbons (Fsp3) is 0.500. The first-order chi connectivity index (χ1) is 15.2. The standard InChI is InChI=1S/C20H21Cl3N2O7S/c1-19(2)15(18(30)32-9-20(21,22)23)25-16(29)14(17(25)33(19)31)24-12(26)7-10-3-5-11(6-4-10)8-13(27)28/h3-6,14-15,17H,7-9H2,1-2H3,(H,24,26)(H,27,28)/t14-,15+,17-,33+/m1/s1. The Balaban J connectivity index is 1.65. The quantitative estimate of drug-likeness (QED) is 0.304. The summed E-state index contributed by atoms with van der Waals surface area (Å²) in [7, 11) is -1.68. The first-order valence-corrected chi connectivity index (χ1v) is 12.1. The largest absolute Gasteiger partial charge is 0.481 e. The summed E-state index contributed by atoms with van der Waals surface area (Å²) in [6.07, 6.45) is -0.192. The molecule has 1 aromatic carbocycles. The maximum Gasteiger partial charge on any atom is 0.330 e. The lowest BCUT2D eigenvalue weighted by molar-refractivity contribution is -0.164. The van der Waals surface area contributed by atoms with Gasteiger partial charge in [-0.25, -0.2) is 4.79 Å². The molecule has 3 rings (SSSR count). The van der Waals surface area contributed by atoms with Gasteiger partial charge in [0, 0.05) is 0 Å². The third-order valence-corrected chi connectivity index (χ3v) is 7.94. The van der Waals surface area contributed by atoms with E-state index in [1.54, 1.807) is 38.1 Å². The zero-order valence-corrected chi connectivity index (χ0v) is 20.6. The fourth-order valence-electron chi connectivity index (χ4n) is 3.87. The Morgan fingerprint density at radius 1 is 1.15 bits per heavy atom. The number of β-lactam (4-membered cyclic amide) rings is 1. The summed E-state index contributed by atoms with van der Waals surface area (Å²) in [6, 6.07) is 4.26. The van der Waals surface area contributed by atoms with Crippen molar-refractivity contribution in [1.29, 1.82) is 0 Å². The molecule has 13 heteroatoms. The number of halogens is 3. The van der Waals surface area contributed by atoms with Crippen LogP contribution in [0.3, 0.4) is 0 Å². The minimum Gasteiger partial charge on any atom is -0.481 e. The molecule has 2 aliphatic rings. The van der Waals surface area contributed by atoms with Gasteiger partial charge in [-0.15, -0.1) is 0 Å². The summed E-state index contributed by atoms with van der Waals surface area (Å²) in [4.78, 5) is 49.8. The lowest BCUT2D eigenvalue weighted by Crippen LogP contribution is -2.71. The van der Waals surface area contributed by atoms with Gasteiger partial charge in [0.15, 0.2) is 0 Å². The van der Waals surface area contributed by atoms with Crippen molar-refractivity contribution in [3.63, 3.8) is 0 Å². The van der Waals surface area contributed by atoms with Crippen LogP contribution in [-0.4, -0.2) is 70.6 Å². The molecule has 2 fully saturated rings. The molecule has 2 amide bonds.